The van der Waals surface area contributed by atoms with Crippen LogP contribution in [0, 0.1) is 0 Å². The molecule has 3 heteroatoms. The summed E-state index contributed by atoms with van der Waals surface area (Å²) < 4.78 is 0. The third kappa shape index (κ3) is 4.27. The Morgan fingerprint density at radius 3 is 1.80 bits per heavy atom. The number of hydrogen-bond acceptors (Lipinski definition) is 2. The van der Waals surface area contributed by atoms with Gasteiger partial charge in [-0.25, -0.2) is 0 Å². The Labute approximate surface area is 149 Å². The molecule has 2 nitrogen and oxygen atoms in total. The zero-order valence-electron chi connectivity index (χ0n) is 13.8. The Morgan fingerprint density at radius 2 is 1.24 bits per heavy atom. The number of fused-ring (bicyclic) bond motifs is 1. The van der Waals surface area contributed by atoms with Gasteiger partial charge in [0.25, 0.3) is 0 Å². The second-order valence-corrected chi connectivity index (χ2v) is 5.65. The molecule has 0 spiro atoms. The summed E-state index contributed by atoms with van der Waals surface area (Å²) in [5.41, 5.74) is 2.97. The highest BCUT2D eigenvalue weighted by atomic mass is 16.3. The van der Waals surface area contributed by atoms with Crippen LogP contribution >= 0.6 is 0 Å². The number of benzene rings is 3. The van der Waals surface area contributed by atoms with Crippen LogP contribution in [0.3, 0.4) is 0 Å². The number of pyridine rings is 1. The molecule has 2 radical (unpaired) electrons. The lowest BCUT2D eigenvalue weighted by molar-refractivity contribution is 0.480. The zero-order valence-corrected chi connectivity index (χ0v) is 13.8. The summed E-state index contributed by atoms with van der Waals surface area (Å²) in [6.45, 7) is 0. The van der Waals surface area contributed by atoms with Crippen molar-refractivity contribution < 1.29 is 5.11 Å². The van der Waals surface area contributed by atoms with E-state index in [2.05, 4.69) is 29.2 Å². The topological polar surface area (TPSA) is 33.1 Å². The minimum Gasteiger partial charge on any atom is -0.506 e. The van der Waals surface area contributed by atoms with Crippen LogP contribution in [-0.2, 0) is 0 Å². The van der Waals surface area contributed by atoms with Gasteiger partial charge in [-0.15, -0.1) is 0 Å². The van der Waals surface area contributed by atoms with Gasteiger partial charge in [0.15, 0.2) is 0 Å². The molecule has 0 saturated heterocycles. The van der Waals surface area contributed by atoms with Gasteiger partial charge >= 0.3 is 0 Å². The number of phenolic OH excluding ortho intramolecular Hbond substituents is 1. The minimum absolute atomic E-state index is 0.0163. The summed E-state index contributed by atoms with van der Waals surface area (Å²) in [5.74, 6) is 0.223. The molecule has 0 aliphatic rings. The molecule has 1 aromatic heterocycles. The minimum atomic E-state index is -0.0163. The first-order chi connectivity index (χ1) is 12.3. The molecule has 4 rings (SSSR count). The van der Waals surface area contributed by atoms with Crippen LogP contribution in [-0.4, -0.2) is 17.9 Å². The molecule has 1 heterocycles. The van der Waals surface area contributed by atoms with E-state index in [1.54, 1.807) is 18.3 Å². The largest absolute Gasteiger partial charge is 0.506 e. The lowest BCUT2D eigenvalue weighted by Gasteiger charge is -2.12. The quantitative estimate of drug-likeness (QED) is 0.533. The molecule has 0 amide bonds. The Balaban J connectivity index is 0.000000150. The van der Waals surface area contributed by atoms with E-state index >= 15 is 0 Å². The van der Waals surface area contributed by atoms with Gasteiger partial charge in [0.05, 0.1) is 7.85 Å². The average molecular weight is 323 g/mol. The van der Waals surface area contributed by atoms with Crippen LogP contribution in [0.1, 0.15) is 16.9 Å². The van der Waals surface area contributed by atoms with Crippen molar-refractivity contribution in [2.45, 2.75) is 5.82 Å². The van der Waals surface area contributed by atoms with Crippen molar-refractivity contribution in [1.82, 2.24) is 4.98 Å². The number of nitrogens with zero attached hydrogens (tertiary/aromatic N) is 1. The first kappa shape index (κ1) is 16.8. The van der Waals surface area contributed by atoms with Crippen LogP contribution in [0.5, 0.6) is 5.75 Å². The Kier molecular flexibility index (Phi) is 5.48. The molecule has 0 aliphatic heterocycles. The van der Waals surface area contributed by atoms with Crippen molar-refractivity contribution in [2.24, 2.45) is 0 Å². The molecule has 0 atom stereocenters. The first-order valence-electron chi connectivity index (χ1n) is 8.14. The molecule has 4 aromatic rings. The SMILES string of the molecule is Oc1cccc2cccnc12.[B]C(c1ccccc1)c1ccccc1. The fourth-order valence-electron chi connectivity index (χ4n) is 2.60. The van der Waals surface area contributed by atoms with Gasteiger partial charge in [0.2, 0.25) is 0 Å². The fraction of sp³-hybridized carbons (Fsp3) is 0.0455. The lowest BCUT2D eigenvalue weighted by Crippen LogP contribution is -1.99. The van der Waals surface area contributed by atoms with E-state index in [0.29, 0.717) is 5.52 Å². The maximum absolute atomic E-state index is 9.31. The molecule has 0 unspecified atom stereocenters. The van der Waals surface area contributed by atoms with Crippen LogP contribution in [0.25, 0.3) is 10.9 Å². The summed E-state index contributed by atoms with van der Waals surface area (Å²) >= 11 is 0. The van der Waals surface area contributed by atoms with E-state index in [1.165, 1.54) is 0 Å². The molecule has 1 N–H and O–H groups in total. The fourth-order valence-corrected chi connectivity index (χ4v) is 2.60. The molecular weight excluding hydrogens is 305 g/mol. The maximum atomic E-state index is 9.31. The molecule has 0 aliphatic carbocycles. The number of phenols is 1. The second kappa shape index (κ2) is 8.16. The molecule has 120 valence electrons. The number of rotatable bonds is 2. The maximum Gasteiger partial charge on any atom is 0.141 e. The van der Waals surface area contributed by atoms with Gasteiger partial charge in [0, 0.05) is 11.6 Å². The first-order valence-corrected chi connectivity index (χ1v) is 8.14. The monoisotopic (exact) mass is 323 g/mol. The number of aromatic hydroxyl groups is 1. The van der Waals surface area contributed by atoms with E-state index in [9.17, 15) is 5.11 Å². The van der Waals surface area contributed by atoms with Crippen LogP contribution in [0.15, 0.2) is 97.2 Å². The van der Waals surface area contributed by atoms with E-state index in [4.69, 9.17) is 7.85 Å². The van der Waals surface area contributed by atoms with Crippen LogP contribution in [0.2, 0.25) is 0 Å². The van der Waals surface area contributed by atoms with Gasteiger partial charge in [-0.1, -0.05) is 78.9 Å². The van der Waals surface area contributed by atoms with Crippen molar-refractivity contribution in [3.63, 3.8) is 0 Å². The van der Waals surface area contributed by atoms with Gasteiger partial charge in [-0.2, -0.15) is 0 Å². The summed E-state index contributed by atoms with van der Waals surface area (Å²) in [6, 6.07) is 29.4. The molecular formula is C22H18BNO. The highest BCUT2D eigenvalue weighted by Gasteiger charge is 2.05. The van der Waals surface area contributed by atoms with E-state index < -0.39 is 0 Å². The standard InChI is InChI=1S/C13H11B.C9H7NO/c14-13(11-7-3-1-4-8-11)12-9-5-2-6-10-12;11-8-5-1-3-7-4-2-6-10-9(7)8/h1-10,13H;1-6,11H. The number of aromatic nitrogens is 1. The van der Waals surface area contributed by atoms with Crippen LogP contribution < -0.4 is 0 Å². The highest BCUT2D eigenvalue weighted by Crippen LogP contribution is 2.21. The van der Waals surface area contributed by atoms with Gasteiger partial charge in [-0.3, -0.25) is 4.98 Å². The van der Waals surface area contributed by atoms with Crippen LogP contribution in [0.4, 0.5) is 0 Å². The molecule has 25 heavy (non-hydrogen) atoms. The lowest BCUT2D eigenvalue weighted by atomic mass is 9.76. The van der Waals surface area contributed by atoms with E-state index in [1.807, 2.05) is 54.6 Å². The Bertz CT molecular complexity index is 881. The molecule has 0 fully saturated rings. The molecule has 0 bridgehead atoms. The highest BCUT2D eigenvalue weighted by molar-refractivity contribution is 6.14. The van der Waals surface area contributed by atoms with Crippen molar-refractivity contribution in [3.8, 4) is 5.75 Å². The zero-order chi connectivity index (χ0) is 17.5. The summed E-state index contributed by atoms with van der Waals surface area (Å²) in [6.07, 6.45) is 1.67. The Morgan fingerprint density at radius 1 is 0.680 bits per heavy atom. The van der Waals surface area contributed by atoms with Gasteiger partial charge < -0.3 is 5.11 Å². The molecule has 0 saturated carbocycles. The van der Waals surface area contributed by atoms with Crippen molar-refractivity contribution in [3.05, 3.63) is 108 Å². The summed E-state index contributed by atoms with van der Waals surface area (Å²) in [5, 5.41) is 10.3. The number of para-hydroxylation sites is 1. The summed E-state index contributed by atoms with van der Waals surface area (Å²) in [7, 11) is 6.12. The third-order valence-electron chi connectivity index (χ3n) is 3.93. The van der Waals surface area contributed by atoms with Crippen molar-refractivity contribution in [1.29, 1.82) is 0 Å². The molecule has 3 aromatic carbocycles. The predicted molar refractivity (Wildman–Crippen MR) is 104 cm³/mol. The third-order valence-corrected chi connectivity index (χ3v) is 3.93. The van der Waals surface area contributed by atoms with Crippen molar-refractivity contribution >= 4 is 18.7 Å². The average Bonchev–Trinajstić information content (AvgIpc) is 2.70. The second-order valence-electron chi connectivity index (χ2n) is 5.65. The summed E-state index contributed by atoms with van der Waals surface area (Å²) in [4.78, 5) is 4.03. The van der Waals surface area contributed by atoms with Gasteiger partial charge in [-0.05, 0) is 29.1 Å². The van der Waals surface area contributed by atoms with Crippen molar-refractivity contribution in [2.75, 3.05) is 0 Å². The van der Waals surface area contributed by atoms with E-state index in [0.717, 1.165) is 16.5 Å². The smallest absolute Gasteiger partial charge is 0.141 e. The number of hydrogen-bond donors (Lipinski definition) is 1. The predicted octanol–water partition coefficient (Wildman–Crippen LogP) is 4.88. The van der Waals surface area contributed by atoms with Gasteiger partial charge in [0.1, 0.15) is 11.3 Å². The van der Waals surface area contributed by atoms with E-state index in [-0.39, 0.29) is 11.6 Å². The normalized spacial score (nSPS) is 10.3. The Hall–Kier alpha value is -3.07.